The summed E-state index contributed by atoms with van der Waals surface area (Å²) < 4.78 is 5.94. The van der Waals surface area contributed by atoms with Crippen molar-refractivity contribution in [1.29, 1.82) is 0 Å². The van der Waals surface area contributed by atoms with E-state index in [1.54, 1.807) is 5.56 Å². The zero-order chi connectivity index (χ0) is 20.3. The molecule has 3 aliphatic carbocycles. The molecule has 2 saturated carbocycles. The lowest BCUT2D eigenvalue weighted by Gasteiger charge is -2.44. The molecule has 2 fully saturated rings. The molecule has 5 rings (SSSR count). The van der Waals surface area contributed by atoms with Crippen LogP contribution in [0.5, 0.6) is 0 Å². The molecule has 0 bridgehead atoms. The fourth-order valence-corrected chi connectivity index (χ4v) is 10.7. The summed E-state index contributed by atoms with van der Waals surface area (Å²) in [6.45, 7) is 0. The van der Waals surface area contributed by atoms with Gasteiger partial charge in [0.05, 0.1) is 7.11 Å². The van der Waals surface area contributed by atoms with Crippen LogP contribution in [0.25, 0.3) is 11.8 Å². The van der Waals surface area contributed by atoms with Crippen molar-refractivity contribution in [2.75, 3.05) is 7.11 Å². The first-order chi connectivity index (χ1) is 14.9. The highest BCUT2D eigenvalue weighted by atomic mass is 31.1. The van der Waals surface area contributed by atoms with Crippen molar-refractivity contribution in [1.82, 2.24) is 0 Å². The first kappa shape index (κ1) is 20.3. The second kappa shape index (κ2) is 9.27. The van der Waals surface area contributed by atoms with Gasteiger partial charge in [0, 0.05) is 11.2 Å². The fraction of sp³-hybridized carbons (Fsp3) is 0.500. The lowest BCUT2D eigenvalue weighted by Crippen LogP contribution is -2.24. The Morgan fingerprint density at radius 2 is 1.27 bits per heavy atom. The number of ether oxygens (including phenoxy) is 1. The molecule has 2 heteroatoms. The normalized spacial score (nSPS) is 22.7. The van der Waals surface area contributed by atoms with E-state index in [2.05, 4.69) is 54.6 Å². The Hall–Kier alpha value is -1.59. The van der Waals surface area contributed by atoms with Gasteiger partial charge in [0.25, 0.3) is 0 Å². The average Bonchev–Trinajstić information content (AvgIpc) is 2.96. The molecule has 0 N–H and O–H groups in total. The maximum Gasteiger partial charge on any atom is 0.126 e. The number of hydrogen-bond donors (Lipinski definition) is 0. The summed E-state index contributed by atoms with van der Waals surface area (Å²) in [5, 5.41) is 0. The van der Waals surface area contributed by atoms with E-state index in [9.17, 15) is 0 Å². The van der Waals surface area contributed by atoms with Gasteiger partial charge in [-0.2, -0.15) is 0 Å². The van der Waals surface area contributed by atoms with Gasteiger partial charge >= 0.3 is 0 Å². The third-order valence-corrected chi connectivity index (χ3v) is 11.5. The number of benzene rings is 2. The molecule has 0 aliphatic heterocycles. The molecule has 0 heterocycles. The Kier molecular flexibility index (Phi) is 6.28. The van der Waals surface area contributed by atoms with E-state index in [4.69, 9.17) is 4.74 Å². The van der Waals surface area contributed by atoms with E-state index in [0.29, 0.717) is 5.66 Å². The van der Waals surface area contributed by atoms with Crippen LogP contribution < -0.4 is 0 Å². The molecular weight excluding hydrogens is 383 g/mol. The predicted molar refractivity (Wildman–Crippen MR) is 130 cm³/mol. The Labute approximate surface area is 183 Å². The van der Waals surface area contributed by atoms with Crippen LogP contribution in [0.4, 0.5) is 0 Å². The Morgan fingerprint density at radius 1 is 0.700 bits per heavy atom. The summed E-state index contributed by atoms with van der Waals surface area (Å²) in [4.78, 5) is 0. The van der Waals surface area contributed by atoms with Gasteiger partial charge in [0.1, 0.15) is 5.76 Å². The molecule has 3 aliphatic rings. The average molecular weight is 419 g/mol. The first-order valence-corrected chi connectivity index (χ1v) is 13.6. The lowest BCUT2D eigenvalue weighted by molar-refractivity contribution is 0.372. The van der Waals surface area contributed by atoms with E-state index in [-0.39, 0.29) is 7.92 Å². The summed E-state index contributed by atoms with van der Waals surface area (Å²) in [6, 6.07) is 18.3. The second-order valence-electron chi connectivity index (χ2n) is 9.36. The number of hydrogen-bond acceptors (Lipinski definition) is 1. The largest absolute Gasteiger partial charge is 0.496 e. The van der Waals surface area contributed by atoms with Gasteiger partial charge in [-0.15, -0.1) is 0 Å². The molecule has 0 aromatic heterocycles. The van der Waals surface area contributed by atoms with Crippen LogP contribution in [0, 0.1) is 0 Å². The van der Waals surface area contributed by atoms with Crippen molar-refractivity contribution in [3.05, 3.63) is 70.8 Å². The van der Waals surface area contributed by atoms with Crippen LogP contribution in [0.3, 0.4) is 0 Å². The van der Waals surface area contributed by atoms with Crippen molar-refractivity contribution < 1.29 is 4.74 Å². The summed E-state index contributed by atoms with van der Waals surface area (Å²) in [7, 11) is 1.71. The summed E-state index contributed by atoms with van der Waals surface area (Å²) >= 11 is 0. The fourth-order valence-electron chi connectivity index (χ4n) is 6.21. The molecular formula is C28H35OP. The molecule has 1 atom stereocenters. The van der Waals surface area contributed by atoms with Crippen molar-refractivity contribution in [3.63, 3.8) is 0 Å². The quantitative estimate of drug-likeness (QED) is 0.453. The molecule has 158 valence electrons. The molecule has 0 amide bonds. The van der Waals surface area contributed by atoms with E-state index < -0.39 is 0 Å². The summed E-state index contributed by atoms with van der Waals surface area (Å²) in [5.41, 5.74) is 8.16. The van der Waals surface area contributed by atoms with E-state index in [1.165, 1.54) is 80.9 Å². The van der Waals surface area contributed by atoms with E-state index in [0.717, 1.165) is 17.1 Å². The molecule has 0 unspecified atom stereocenters. The molecule has 30 heavy (non-hydrogen) atoms. The van der Waals surface area contributed by atoms with E-state index >= 15 is 0 Å². The van der Waals surface area contributed by atoms with Gasteiger partial charge in [0.2, 0.25) is 0 Å². The van der Waals surface area contributed by atoms with Crippen LogP contribution in [-0.4, -0.2) is 18.4 Å². The minimum absolute atomic E-state index is 0.118. The van der Waals surface area contributed by atoms with Gasteiger partial charge in [-0.3, -0.25) is 0 Å². The van der Waals surface area contributed by atoms with Gasteiger partial charge in [-0.1, -0.05) is 95.0 Å². The monoisotopic (exact) mass is 418 g/mol. The van der Waals surface area contributed by atoms with Crippen molar-refractivity contribution >= 4 is 19.8 Å². The number of methoxy groups -OCH3 is 1. The predicted octanol–water partition coefficient (Wildman–Crippen LogP) is 8.38. The number of rotatable bonds is 4. The van der Waals surface area contributed by atoms with Crippen LogP contribution in [0.15, 0.2) is 48.5 Å². The second-order valence-corrected chi connectivity index (χ2v) is 12.2. The van der Waals surface area contributed by atoms with Crippen LogP contribution in [0.2, 0.25) is 0 Å². The standard InChI is InChI=1S/C28H35OP/c1-29-27-20-21-12-8-9-17-24(21)28(26-19-11-10-18-25(26)27)30(22-13-4-2-5-14-22)23-15-6-3-7-16-23/h8-12,17-20,22-23,28H,2-7,13-16H2,1H3/t28-/m0/s1. The van der Waals surface area contributed by atoms with Crippen LogP contribution in [0.1, 0.15) is 92.1 Å². The molecule has 2 aromatic rings. The Bertz CT molecular complexity index is 871. The lowest BCUT2D eigenvalue weighted by atomic mass is 9.98. The Morgan fingerprint density at radius 3 is 1.90 bits per heavy atom. The van der Waals surface area contributed by atoms with Crippen molar-refractivity contribution in [2.24, 2.45) is 0 Å². The minimum atomic E-state index is -0.118. The van der Waals surface area contributed by atoms with Gasteiger partial charge in [0.15, 0.2) is 0 Å². The SMILES string of the molecule is COC1=Cc2ccccc2[C@H](P(C2CCCCC2)C2CCCCC2)c2ccccc21. The molecule has 2 aromatic carbocycles. The maximum absolute atomic E-state index is 5.94. The maximum atomic E-state index is 5.94. The van der Waals surface area contributed by atoms with Crippen molar-refractivity contribution in [3.8, 4) is 0 Å². The van der Waals surface area contributed by atoms with Gasteiger partial charge in [-0.25, -0.2) is 0 Å². The zero-order valence-corrected chi connectivity index (χ0v) is 19.2. The third-order valence-electron chi connectivity index (χ3n) is 7.61. The van der Waals surface area contributed by atoms with Crippen LogP contribution >= 0.6 is 7.92 Å². The van der Waals surface area contributed by atoms with Gasteiger partial charge < -0.3 is 4.74 Å². The summed E-state index contributed by atoms with van der Waals surface area (Å²) in [6.07, 6.45) is 16.7. The summed E-state index contributed by atoms with van der Waals surface area (Å²) in [5.74, 6) is 1.03. The third kappa shape index (κ3) is 3.87. The Balaban J connectivity index is 1.68. The first-order valence-electron chi connectivity index (χ1n) is 12.1. The molecule has 0 spiro atoms. The molecule has 1 nitrogen and oxygen atoms in total. The smallest absolute Gasteiger partial charge is 0.126 e. The number of fused-ring (bicyclic) bond motifs is 2. The highest BCUT2D eigenvalue weighted by Gasteiger charge is 2.40. The molecule has 0 saturated heterocycles. The van der Waals surface area contributed by atoms with Crippen molar-refractivity contribution in [2.45, 2.75) is 81.2 Å². The molecule has 0 radical (unpaired) electrons. The van der Waals surface area contributed by atoms with Crippen LogP contribution in [-0.2, 0) is 4.74 Å². The topological polar surface area (TPSA) is 9.23 Å². The minimum Gasteiger partial charge on any atom is -0.496 e. The van der Waals surface area contributed by atoms with Gasteiger partial charge in [-0.05, 0) is 59.8 Å². The highest BCUT2D eigenvalue weighted by Crippen LogP contribution is 2.67. The van der Waals surface area contributed by atoms with E-state index in [1.807, 2.05) is 7.11 Å². The zero-order valence-electron chi connectivity index (χ0n) is 18.4. The highest BCUT2D eigenvalue weighted by molar-refractivity contribution is 7.59.